The maximum atomic E-state index is 15.2. The molecule has 0 fully saturated rings. The van der Waals surface area contributed by atoms with Crippen molar-refractivity contribution < 1.29 is 18.7 Å². The Kier molecular flexibility index (Phi) is 6.95. The van der Waals surface area contributed by atoms with E-state index in [1.165, 1.54) is 24.0 Å². The third kappa shape index (κ3) is 4.80. The van der Waals surface area contributed by atoms with Crippen molar-refractivity contribution >= 4 is 51.8 Å². The molecular weight excluding hydrogens is 479 g/mol. The van der Waals surface area contributed by atoms with Crippen molar-refractivity contribution in [3.8, 4) is 0 Å². The lowest BCUT2D eigenvalue weighted by Gasteiger charge is -2.10. The molecule has 0 saturated heterocycles. The molecule has 176 valence electrons. The standard InChI is InChI=1S/C24H22ClFN4O3S/c1-4-33-24(32)15-6-5-7-17(10-15)34-23-14(2)30(22-18(23)8-9-19(25)21(22)26)13-20(31)28-16-11-27-29(3)12-16/h5-12H,4,13H2,1-3H3,(H,28,31). The highest BCUT2D eigenvalue weighted by molar-refractivity contribution is 7.99. The molecule has 2 aromatic heterocycles. The zero-order valence-electron chi connectivity index (χ0n) is 18.8. The molecule has 0 spiro atoms. The quantitative estimate of drug-likeness (QED) is 0.342. The van der Waals surface area contributed by atoms with Crippen molar-refractivity contribution in [1.82, 2.24) is 14.3 Å². The molecule has 1 amide bonds. The lowest BCUT2D eigenvalue weighted by Crippen LogP contribution is -2.19. The monoisotopic (exact) mass is 500 g/mol. The summed E-state index contributed by atoms with van der Waals surface area (Å²) in [5.41, 5.74) is 1.92. The van der Waals surface area contributed by atoms with Crippen LogP contribution < -0.4 is 5.32 Å². The van der Waals surface area contributed by atoms with Crippen LogP contribution >= 0.6 is 23.4 Å². The predicted molar refractivity (Wildman–Crippen MR) is 130 cm³/mol. The average Bonchev–Trinajstić information content (AvgIpc) is 3.32. The van der Waals surface area contributed by atoms with Crippen LogP contribution in [0.4, 0.5) is 10.1 Å². The van der Waals surface area contributed by atoms with Gasteiger partial charge >= 0.3 is 5.97 Å². The van der Waals surface area contributed by atoms with E-state index in [1.807, 2.05) is 13.0 Å². The van der Waals surface area contributed by atoms with Gasteiger partial charge in [-0.15, -0.1) is 0 Å². The first-order chi connectivity index (χ1) is 16.3. The average molecular weight is 501 g/mol. The summed E-state index contributed by atoms with van der Waals surface area (Å²) in [7, 11) is 1.75. The van der Waals surface area contributed by atoms with Gasteiger partial charge in [0.2, 0.25) is 5.91 Å². The van der Waals surface area contributed by atoms with E-state index in [0.717, 1.165) is 9.79 Å². The summed E-state index contributed by atoms with van der Waals surface area (Å²) in [5, 5.41) is 7.40. The Bertz CT molecular complexity index is 1400. The Morgan fingerprint density at radius 1 is 1.26 bits per heavy atom. The van der Waals surface area contributed by atoms with E-state index in [1.54, 1.807) is 53.7 Å². The van der Waals surface area contributed by atoms with Crippen LogP contribution in [0.15, 0.2) is 58.6 Å². The molecule has 4 aromatic rings. The largest absolute Gasteiger partial charge is 0.462 e. The number of nitrogens with zero attached hydrogens (tertiary/aromatic N) is 3. The van der Waals surface area contributed by atoms with E-state index in [-0.39, 0.29) is 29.6 Å². The Balaban J connectivity index is 1.72. The van der Waals surface area contributed by atoms with Crippen LogP contribution in [-0.4, -0.2) is 32.8 Å². The minimum absolute atomic E-state index is 0.0280. The number of anilines is 1. The molecule has 2 aromatic carbocycles. The number of halogens is 2. The number of hydrogen-bond donors (Lipinski definition) is 1. The van der Waals surface area contributed by atoms with Crippen molar-refractivity contribution in [1.29, 1.82) is 0 Å². The summed E-state index contributed by atoms with van der Waals surface area (Å²) in [6, 6.07) is 10.3. The summed E-state index contributed by atoms with van der Waals surface area (Å²) in [6.45, 7) is 3.74. The first-order valence-electron chi connectivity index (χ1n) is 10.5. The molecule has 0 unspecified atom stereocenters. The van der Waals surface area contributed by atoms with Crippen LogP contribution in [0.5, 0.6) is 0 Å². The molecular formula is C24H22ClFN4O3S. The number of ether oxygens (including phenoxy) is 1. The fraction of sp³-hybridized carbons (Fsp3) is 0.208. The van der Waals surface area contributed by atoms with E-state index in [4.69, 9.17) is 16.3 Å². The second kappa shape index (κ2) is 9.90. The van der Waals surface area contributed by atoms with Gasteiger partial charge in [0.1, 0.15) is 6.54 Å². The Hall–Kier alpha value is -3.30. The van der Waals surface area contributed by atoms with Gasteiger partial charge in [-0.25, -0.2) is 9.18 Å². The van der Waals surface area contributed by atoms with Gasteiger partial charge in [0.25, 0.3) is 0 Å². The minimum atomic E-state index is -0.594. The lowest BCUT2D eigenvalue weighted by molar-refractivity contribution is -0.116. The van der Waals surface area contributed by atoms with Crippen molar-refractivity contribution in [2.75, 3.05) is 11.9 Å². The van der Waals surface area contributed by atoms with Crippen LogP contribution in [0.2, 0.25) is 5.02 Å². The van der Waals surface area contributed by atoms with Gasteiger partial charge in [0, 0.05) is 34.1 Å². The summed E-state index contributed by atoms with van der Waals surface area (Å²) >= 11 is 7.46. The number of hydrogen-bond acceptors (Lipinski definition) is 5. The molecule has 0 aliphatic rings. The minimum Gasteiger partial charge on any atom is -0.462 e. The number of esters is 1. The van der Waals surface area contributed by atoms with E-state index < -0.39 is 11.8 Å². The fourth-order valence-corrected chi connectivity index (χ4v) is 4.90. The summed E-state index contributed by atoms with van der Waals surface area (Å²) in [4.78, 5) is 26.4. The zero-order valence-corrected chi connectivity index (χ0v) is 20.3. The van der Waals surface area contributed by atoms with Crippen molar-refractivity contribution in [3.05, 3.63) is 70.9 Å². The van der Waals surface area contributed by atoms with Crippen molar-refractivity contribution in [2.45, 2.75) is 30.2 Å². The molecule has 4 rings (SSSR count). The second-order valence-electron chi connectivity index (χ2n) is 7.56. The molecule has 10 heteroatoms. The highest BCUT2D eigenvalue weighted by Crippen LogP contribution is 2.40. The van der Waals surface area contributed by atoms with Gasteiger partial charge < -0.3 is 14.6 Å². The van der Waals surface area contributed by atoms with Gasteiger partial charge in [0.15, 0.2) is 5.82 Å². The molecule has 0 radical (unpaired) electrons. The topological polar surface area (TPSA) is 78.2 Å². The zero-order chi connectivity index (χ0) is 24.4. The summed E-state index contributed by atoms with van der Waals surface area (Å²) < 4.78 is 23.4. The van der Waals surface area contributed by atoms with Crippen molar-refractivity contribution in [2.24, 2.45) is 7.05 Å². The van der Waals surface area contributed by atoms with Gasteiger partial charge in [0.05, 0.1) is 34.6 Å². The molecule has 0 aliphatic carbocycles. The van der Waals surface area contributed by atoms with Crippen LogP contribution in [-0.2, 0) is 23.1 Å². The number of carbonyl (C=O) groups excluding carboxylic acids is 2. The van der Waals surface area contributed by atoms with Gasteiger partial charge in [-0.2, -0.15) is 5.10 Å². The van der Waals surface area contributed by atoms with Gasteiger partial charge in [-0.3, -0.25) is 9.48 Å². The lowest BCUT2D eigenvalue weighted by atomic mass is 10.2. The summed E-state index contributed by atoms with van der Waals surface area (Å²) in [6.07, 6.45) is 3.21. The number of benzene rings is 2. The highest BCUT2D eigenvalue weighted by Gasteiger charge is 2.22. The number of aromatic nitrogens is 3. The molecule has 0 atom stereocenters. The number of rotatable bonds is 7. The molecule has 34 heavy (non-hydrogen) atoms. The van der Waals surface area contributed by atoms with E-state index in [0.29, 0.717) is 22.3 Å². The molecule has 0 saturated carbocycles. The van der Waals surface area contributed by atoms with Gasteiger partial charge in [-0.1, -0.05) is 29.4 Å². The fourth-order valence-electron chi connectivity index (χ4n) is 3.65. The van der Waals surface area contributed by atoms with Crippen LogP contribution in [0.25, 0.3) is 10.9 Å². The molecule has 0 aliphatic heterocycles. The second-order valence-corrected chi connectivity index (χ2v) is 9.05. The van der Waals surface area contributed by atoms with E-state index in [9.17, 15) is 9.59 Å². The molecule has 0 bridgehead atoms. The third-order valence-corrected chi connectivity index (χ3v) is 6.67. The molecule has 1 N–H and O–H groups in total. The number of carbonyl (C=O) groups is 2. The first-order valence-corrected chi connectivity index (χ1v) is 11.7. The van der Waals surface area contributed by atoms with E-state index >= 15 is 4.39 Å². The SMILES string of the molecule is CCOC(=O)c1cccc(Sc2c(C)n(CC(=O)Nc3cnn(C)c3)c3c(F)c(Cl)ccc23)c1. The van der Waals surface area contributed by atoms with Crippen LogP contribution in [0.1, 0.15) is 23.0 Å². The maximum absolute atomic E-state index is 15.2. The smallest absolute Gasteiger partial charge is 0.338 e. The Morgan fingerprint density at radius 2 is 2.06 bits per heavy atom. The Labute approximate surface area is 204 Å². The molecule has 2 heterocycles. The maximum Gasteiger partial charge on any atom is 0.338 e. The Morgan fingerprint density at radius 3 is 2.76 bits per heavy atom. The number of aryl methyl sites for hydroxylation is 1. The number of amides is 1. The summed E-state index contributed by atoms with van der Waals surface area (Å²) in [5.74, 6) is -1.33. The van der Waals surface area contributed by atoms with Crippen LogP contribution in [0, 0.1) is 12.7 Å². The predicted octanol–water partition coefficient (Wildman–Crippen LogP) is 5.44. The third-order valence-electron chi connectivity index (χ3n) is 5.17. The normalized spacial score (nSPS) is 11.1. The first kappa shape index (κ1) is 23.8. The molecule has 7 nitrogen and oxygen atoms in total. The highest BCUT2D eigenvalue weighted by atomic mass is 35.5. The number of nitrogens with one attached hydrogen (secondary N) is 1. The van der Waals surface area contributed by atoms with Gasteiger partial charge in [-0.05, 0) is 44.2 Å². The van der Waals surface area contributed by atoms with Crippen LogP contribution in [0.3, 0.4) is 0 Å². The van der Waals surface area contributed by atoms with E-state index in [2.05, 4.69) is 10.4 Å². The van der Waals surface area contributed by atoms with Crippen molar-refractivity contribution in [3.63, 3.8) is 0 Å². The number of fused-ring (bicyclic) bond motifs is 1.